The fraction of sp³-hybridized carbons (Fsp3) is 0. The van der Waals surface area contributed by atoms with E-state index in [4.69, 9.17) is 33.2 Å². The van der Waals surface area contributed by atoms with Gasteiger partial charge in [-0.05, 0) is 24.3 Å². The molecule has 0 unspecified atom stereocenters. The van der Waals surface area contributed by atoms with Crippen LogP contribution in [0, 0.1) is 11.3 Å². The molecule has 4 heteroatoms. The molecule has 0 aromatic heterocycles. The van der Waals surface area contributed by atoms with Gasteiger partial charge in [0.2, 0.25) is 0 Å². The lowest BCUT2D eigenvalue weighted by molar-refractivity contribution is 0.483. The van der Waals surface area contributed by atoms with Crippen LogP contribution in [0.15, 0.2) is 42.5 Å². The zero-order valence-electron chi connectivity index (χ0n) is 8.65. The van der Waals surface area contributed by atoms with E-state index in [0.717, 1.165) is 0 Å². The van der Waals surface area contributed by atoms with Gasteiger partial charge in [0.05, 0.1) is 21.7 Å². The van der Waals surface area contributed by atoms with E-state index in [1.807, 2.05) is 24.3 Å². The van der Waals surface area contributed by atoms with Gasteiger partial charge in [-0.3, -0.25) is 0 Å². The minimum absolute atomic E-state index is 0.318. The first-order chi connectivity index (χ1) is 8.20. The van der Waals surface area contributed by atoms with Crippen molar-refractivity contribution in [1.82, 2.24) is 0 Å². The summed E-state index contributed by atoms with van der Waals surface area (Å²) in [5, 5.41) is 9.39. The van der Waals surface area contributed by atoms with Gasteiger partial charge in [-0.25, -0.2) is 0 Å². The second kappa shape index (κ2) is 5.09. The molecule has 0 aliphatic rings. The third kappa shape index (κ3) is 2.71. The number of benzene rings is 2. The molecule has 0 spiro atoms. The van der Waals surface area contributed by atoms with Gasteiger partial charge in [0.15, 0.2) is 5.75 Å². The zero-order valence-corrected chi connectivity index (χ0v) is 10.2. The van der Waals surface area contributed by atoms with E-state index < -0.39 is 0 Å². The Labute approximate surface area is 109 Å². The minimum Gasteiger partial charge on any atom is -0.454 e. The van der Waals surface area contributed by atoms with Crippen molar-refractivity contribution in [3.63, 3.8) is 0 Å². The Bertz CT molecular complexity index is 553. The lowest BCUT2D eigenvalue weighted by Crippen LogP contribution is -1.87. The van der Waals surface area contributed by atoms with E-state index in [1.54, 1.807) is 12.1 Å². The highest BCUT2D eigenvalue weighted by Gasteiger charge is 2.10. The smallest absolute Gasteiger partial charge is 0.164 e. The molecule has 0 aliphatic heterocycles. The van der Waals surface area contributed by atoms with Crippen molar-refractivity contribution < 1.29 is 4.74 Å². The molecule has 0 saturated carbocycles. The van der Waals surface area contributed by atoms with Crippen LogP contribution in [-0.2, 0) is 0 Å². The summed E-state index contributed by atoms with van der Waals surface area (Å²) < 4.78 is 5.57. The summed E-state index contributed by atoms with van der Waals surface area (Å²) in [6.07, 6.45) is 0. The van der Waals surface area contributed by atoms with Crippen LogP contribution in [0.3, 0.4) is 0 Å². The van der Waals surface area contributed by atoms with Crippen molar-refractivity contribution >= 4 is 23.2 Å². The first-order valence-corrected chi connectivity index (χ1v) is 5.58. The number of nitrogens with zero attached hydrogens (tertiary/aromatic N) is 1. The van der Waals surface area contributed by atoms with E-state index in [9.17, 15) is 0 Å². The molecular formula is C13H7Cl2NO. The van der Waals surface area contributed by atoms with Gasteiger partial charge in [0.1, 0.15) is 5.75 Å². The first kappa shape index (κ1) is 11.8. The monoisotopic (exact) mass is 263 g/mol. The summed E-state index contributed by atoms with van der Waals surface area (Å²) >= 11 is 12.0. The highest BCUT2D eigenvalue weighted by molar-refractivity contribution is 6.37. The molecule has 2 nitrogen and oxygen atoms in total. The highest BCUT2D eigenvalue weighted by Crippen LogP contribution is 2.37. The van der Waals surface area contributed by atoms with Crippen LogP contribution < -0.4 is 4.74 Å². The molecule has 0 bridgehead atoms. The van der Waals surface area contributed by atoms with Gasteiger partial charge in [0, 0.05) is 0 Å². The van der Waals surface area contributed by atoms with E-state index in [2.05, 4.69) is 0 Å². The summed E-state index contributed by atoms with van der Waals surface area (Å²) in [6.45, 7) is 0. The lowest BCUT2D eigenvalue weighted by atomic mass is 10.2. The average Bonchev–Trinajstić information content (AvgIpc) is 2.35. The number of hydrogen-bond donors (Lipinski definition) is 0. The molecule has 0 amide bonds. The molecule has 0 saturated heterocycles. The topological polar surface area (TPSA) is 33.0 Å². The number of hydrogen-bond acceptors (Lipinski definition) is 2. The summed E-state index contributed by atoms with van der Waals surface area (Å²) in [7, 11) is 0. The number of nitriles is 1. The van der Waals surface area contributed by atoms with Crippen molar-refractivity contribution in [2.75, 3.05) is 0 Å². The fourth-order valence-electron chi connectivity index (χ4n) is 1.33. The number of para-hydroxylation sites is 1. The summed E-state index contributed by atoms with van der Waals surface area (Å²) in [5.74, 6) is 1.000. The Hall–Kier alpha value is -1.69. The number of ether oxygens (including phenoxy) is 1. The highest BCUT2D eigenvalue weighted by atomic mass is 35.5. The van der Waals surface area contributed by atoms with E-state index in [1.165, 1.54) is 12.1 Å². The molecule has 2 aromatic carbocycles. The van der Waals surface area contributed by atoms with E-state index in [0.29, 0.717) is 27.1 Å². The minimum atomic E-state index is 0.318. The fourth-order valence-corrected chi connectivity index (χ4v) is 1.89. The Morgan fingerprint density at radius 1 is 1.00 bits per heavy atom. The van der Waals surface area contributed by atoms with Crippen molar-refractivity contribution in [1.29, 1.82) is 5.26 Å². The van der Waals surface area contributed by atoms with Gasteiger partial charge in [-0.2, -0.15) is 5.26 Å². The van der Waals surface area contributed by atoms with E-state index >= 15 is 0 Å². The first-order valence-electron chi connectivity index (χ1n) is 4.83. The standard InChI is InChI=1S/C13H7Cl2NO/c14-11-6-9(8-16)7-12(15)13(11)17-10-4-2-1-3-5-10/h1-7H. The maximum atomic E-state index is 8.76. The second-order valence-electron chi connectivity index (χ2n) is 3.30. The summed E-state index contributed by atoms with van der Waals surface area (Å²) in [6, 6.07) is 14.2. The summed E-state index contributed by atoms with van der Waals surface area (Å²) in [4.78, 5) is 0. The van der Waals surface area contributed by atoms with Crippen LogP contribution in [0.2, 0.25) is 10.0 Å². The van der Waals surface area contributed by atoms with Crippen molar-refractivity contribution in [2.24, 2.45) is 0 Å². The van der Waals surface area contributed by atoms with Gasteiger partial charge >= 0.3 is 0 Å². The molecule has 0 atom stereocenters. The quantitative estimate of drug-likeness (QED) is 0.790. The Morgan fingerprint density at radius 2 is 1.59 bits per heavy atom. The zero-order chi connectivity index (χ0) is 12.3. The third-order valence-corrected chi connectivity index (χ3v) is 2.65. The molecule has 17 heavy (non-hydrogen) atoms. The molecule has 0 aliphatic carbocycles. The van der Waals surface area contributed by atoms with E-state index in [-0.39, 0.29) is 0 Å². The van der Waals surface area contributed by atoms with Crippen LogP contribution in [0.5, 0.6) is 11.5 Å². The average molecular weight is 264 g/mol. The van der Waals surface area contributed by atoms with Crippen LogP contribution in [0.25, 0.3) is 0 Å². The van der Waals surface area contributed by atoms with Crippen LogP contribution in [0.4, 0.5) is 0 Å². The predicted molar refractivity (Wildman–Crippen MR) is 67.7 cm³/mol. The molecule has 0 heterocycles. The molecule has 0 fully saturated rings. The maximum absolute atomic E-state index is 8.76. The molecule has 84 valence electrons. The Morgan fingerprint density at radius 3 is 2.12 bits per heavy atom. The molecule has 0 radical (unpaired) electrons. The van der Waals surface area contributed by atoms with Crippen LogP contribution in [0.1, 0.15) is 5.56 Å². The normalized spacial score (nSPS) is 9.71. The van der Waals surface area contributed by atoms with Gasteiger partial charge in [-0.1, -0.05) is 41.4 Å². The molecule has 0 N–H and O–H groups in total. The van der Waals surface area contributed by atoms with Crippen molar-refractivity contribution in [3.05, 3.63) is 58.1 Å². The maximum Gasteiger partial charge on any atom is 0.164 e. The van der Waals surface area contributed by atoms with Gasteiger partial charge < -0.3 is 4.74 Å². The second-order valence-corrected chi connectivity index (χ2v) is 4.11. The third-order valence-electron chi connectivity index (χ3n) is 2.09. The van der Waals surface area contributed by atoms with Crippen LogP contribution >= 0.6 is 23.2 Å². The SMILES string of the molecule is N#Cc1cc(Cl)c(Oc2ccccc2)c(Cl)c1. The lowest BCUT2D eigenvalue weighted by Gasteiger charge is -2.09. The molecule has 2 rings (SSSR count). The van der Waals surface area contributed by atoms with Crippen molar-refractivity contribution in [3.8, 4) is 17.6 Å². The summed E-state index contributed by atoms with van der Waals surface area (Å²) in [5.41, 5.74) is 0.403. The van der Waals surface area contributed by atoms with Gasteiger partial charge in [0.25, 0.3) is 0 Å². The number of halogens is 2. The Kier molecular flexibility index (Phi) is 3.53. The molecule has 2 aromatic rings. The Balaban J connectivity index is 2.38. The largest absolute Gasteiger partial charge is 0.454 e. The number of rotatable bonds is 2. The van der Waals surface area contributed by atoms with Gasteiger partial charge in [-0.15, -0.1) is 0 Å². The predicted octanol–water partition coefficient (Wildman–Crippen LogP) is 4.66. The van der Waals surface area contributed by atoms with Crippen LogP contribution in [-0.4, -0.2) is 0 Å². The molecular weight excluding hydrogens is 257 g/mol. The van der Waals surface area contributed by atoms with Crippen molar-refractivity contribution in [2.45, 2.75) is 0 Å².